The maximum atomic E-state index is 12.1. The van der Waals surface area contributed by atoms with E-state index in [1.165, 1.54) is 26.3 Å². The van der Waals surface area contributed by atoms with Gasteiger partial charge in [-0.05, 0) is 54.8 Å². The van der Waals surface area contributed by atoms with Crippen molar-refractivity contribution in [3.8, 4) is 0 Å². The Labute approximate surface area is 189 Å². The van der Waals surface area contributed by atoms with Crippen LogP contribution in [0.2, 0.25) is 0 Å². The molecule has 32 heavy (non-hydrogen) atoms. The van der Waals surface area contributed by atoms with Crippen LogP contribution in [0.5, 0.6) is 0 Å². The van der Waals surface area contributed by atoms with Crippen LogP contribution in [0, 0.1) is 28.6 Å². The lowest BCUT2D eigenvalue weighted by Gasteiger charge is -2.59. The molecule has 0 aromatic carbocycles. The monoisotopic (exact) mass is 448 g/mol. The Morgan fingerprint density at radius 3 is 2.19 bits per heavy atom. The van der Waals surface area contributed by atoms with Gasteiger partial charge in [-0.1, -0.05) is 25.5 Å². The van der Waals surface area contributed by atoms with Crippen LogP contribution >= 0.6 is 0 Å². The van der Waals surface area contributed by atoms with E-state index in [1.54, 1.807) is 0 Å². The van der Waals surface area contributed by atoms with Crippen molar-refractivity contribution in [1.29, 1.82) is 0 Å². The Hall–Kier alpha value is -1.89. The molecule has 178 valence electrons. The molecule has 0 heterocycles. The van der Waals surface area contributed by atoms with E-state index in [1.807, 2.05) is 0 Å². The number of allylic oxidation sites excluding steroid dienone is 1. The van der Waals surface area contributed by atoms with Crippen LogP contribution in [-0.2, 0) is 28.6 Å². The topological polar surface area (TPSA) is 99.1 Å². The van der Waals surface area contributed by atoms with Crippen molar-refractivity contribution in [2.24, 2.45) is 28.6 Å². The number of hydrogen-bond acceptors (Lipinski definition) is 7. The Bertz CT molecular complexity index is 834. The first-order valence-electron chi connectivity index (χ1n) is 11.8. The summed E-state index contributed by atoms with van der Waals surface area (Å²) in [5.74, 6) is -0.255. The van der Waals surface area contributed by atoms with Gasteiger partial charge in [0.15, 0.2) is 0 Å². The second-order valence-corrected chi connectivity index (χ2v) is 11.0. The van der Waals surface area contributed by atoms with Gasteiger partial charge < -0.3 is 19.3 Å². The van der Waals surface area contributed by atoms with Crippen molar-refractivity contribution in [1.82, 2.24) is 0 Å². The number of fused-ring (bicyclic) bond motifs is 5. The molecule has 0 radical (unpaired) electrons. The van der Waals surface area contributed by atoms with Crippen molar-refractivity contribution < 1.29 is 33.7 Å². The predicted octanol–water partition coefficient (Wildman–Crippen LogP) is 3.33. The molecule has 4 rings (SSSR count). The summed E-state index contributed by atoms with van der Waals surface area (Å²) in [6, 6.07) is 0. The van der Waals surface area contributed by atoms with E-state index in [9.17, 15) is 19.5 Å². The fourth-order valence-corrected chi connectivity index (χ4v) is 7.77. The molecule has 3 fully saturated rings. The van der Waals surface area contributed by atoms with Crippen molar-refractivity contribution >= 4 is 17.9 Å². The number of ether oxygens (including phenoxy) is 3. The number of aliphatic hydroxyl groups is 1. The third-order valence-corrected chi connectivity index (χ3v) is 8.71. The van der Waals surface area contributed by atoms with Gasteiger partial charge >= 0.3 is 17.9 Å². The molecular weight excluding hydrogens is 412 g/mol. The second-order valence-electron chi connectivity index (χ2n) is 11.0. The summed E-state index contributed by atoms with van der Waals surface area (Å²) in [6.07, 6.45) is 4.74. The lowest BCUT2D eigenvalue weighted by Crippen LogP contribution is -2.58. The van der Waals surface area contributed by atoms with Gasteiger partial charge in [0.2, 0.25) is 0 Å². The van der Waals surface area contributed by atoms with E-state index < -0.39 is 12.2 Å². The van der Waals surface area contributed by atoms with Crippen LogP contribution in [0.4, 0.5) is 0 Å². The maximum absolute atomic E-state index is 12.1. The van der Waals surface area contributed by atoms with Gasteiger partial charge in [0.1, 0.15) is 18.3 Å². The summed E-state index contributed by atoms with van der Waals surface area (Å²) in [4.78, 5) is 35.2. The van der Waals surface area contributed by atoms with Gasteiger partial charge in [0, 0.05) is 33.1 Å². The summed E-state index contributed by atoms with van der Waals surface area (Å²) < 4.78 is 17.0. The third kappa shape index (κ3) is 3.97. The molecule has 0 amide bonds. The highest BCUT2D eigenvalue weighted by atomic mass is 16.6. The Balaban J connectivity index is 1.69. The van der Waals surface area contributed by atoms with Gasteiger partial charge in [-0.25, -0.2) is 0 Å². The maximum Gasteiger partial charge on any atom is 0.303 e. The Morgan fingerprint density at radius 2 is 1.56 bits per heavy atom. The smallest absolute Gasteiger partial charge is 0.303 e. The highest BCUT2D eigenvalue weighted by Crippen LogP contribution is 2.65. The molecule has 7 nitrogen and oxygen atoms in total. The third-order valence-electron chi connectivity index (χ3n) is 8.71. The molecule has 7 heteroatoms. The van der Waals surface area contributed by atoms with Crippen LogP contribution in [0.3, 0.4) is 0 Å². The molecule has 0 aromatic rings. The summed E-state index contributed by atoms with van der Waals surface area (Å²) >= 11 is 0. The average Bonchev–Trinajstić information content (AvgIpc) is 2.96. The minimum Gasteiger partial charge on any atom is -0.463 e. The van der Waals surface area contributed by atoms with Gasteiger partial charge in [-0.15, -0.1) is 0 Å². The normalized spacial score (nSPS) is 44.9. The number of hydrogen-bond donors (Lipinski definition) is 1. The fraction of sp³-hybridized carbons (Fsp3) is 0.800. The highest BCUT2D eigenvalue weighted by molar-refractivity contribution is 5.67. The van der Waals surface area contributed by atoms with Crippen LogP contribution in [0.15, 0.2) is 11.6 Å². The summed E-state index contributed by atoms with van der Waals surface area (Å²) in [5.41, 5.74) is 0.766. The van der Waals surface area contributed by atoms with E-state index in [0.717, 1.165) is 25.7 Å². The minimum atomic E-state index is -0.761. The van der Waals surface area contributed by atoms with Crippen LogP contribution in [0.1, 0.15) is 73.1 Å². The summed E-state index contributed by atoms with van der Waals surface area (Å²) in [6.45, 7) is 8.68. The minimum absolute atomic E-state index is 0.0634. The molecule has 9 atom stereocenters. The molecule has 0 saturated heterocycles. The zero-order chi connectivity index (χ0) is 23.4. The van der Waals surface area contributed by atoms with E-state index in [4.69, 9.17) is 14.2 Å². The fourth-order valence-electron chi connectivity index (χ4n) is 7.77. The Morgan fingerprint density at radius 1 is 0.938 bits per heavy atom. The van der Waals surface area contributed by atoms with Gasteiger partial charge in [-0.3, -0.25) is 14.4 Å². The molecule has 4 unspecified atom stereocenters. The van der Waals surface area contributed by atoms with E-state index in [2.05, 4.69) is 19.9 Å². The quantitative estimate of drug-likeness (QED) is 0.402. The van der Waals surface area contributed by atoms with Crippen LogP contribution in [0.25, 0.3) is 0 Å². The van der Waals surface area contributed by atoms with Crippen LogP contribution < -0.4 is 0 Å². The Kier molecular flexibility index (Phi) is 5.93. The molecule has 0 bridgehead atoms. The molecule has 0 aliphatic heterocycles. The van der Waals surface area contributed by atoms with Gasteiger partial charge in [0.05, 0.1) is 6.10 Å². The number of esters is 3. The van der Waals surface area contributed by atoms with Crippen molar-refractivity contribution in [3.63, 3.8) is 0 Å². The molecule has 1 N–H and O–H groups in total. The van der Waals surface area contributed by atoms with Gasteiger partial charge in [-0.2, -0.15) is 0 Å². The lowest BCUT2D eigenvalue weighted by atomic mass is 9.47. The van der Waals surface area contributed by atoms with Crippen molar-refractivity contribution in [2.45, 2.75) is 97.6 Å². The first kappa shape index (κ1) is 23.3. The second kappa shape index (κ2) is 8.15. The standard InChI is InChI=1S/C25H36O7/c1-13(26)30-17-9-19-18-7-6-16-8-21(31-14(2)27)20(29)11-25(16,5)23(18)22(32-15(3)28)12-24(19,4)10-17/h6,17-23,29H,7-12H2,1-5H3/t17?,18-,19-,20?,21?,22?,23-,24-,25-/m0/s1. The van der Waals surface area contributed by atoms with Crippen molar-refractivity contribution in [3.05, 3.63) is 11.6 Å². The van der Waals surface area contributed by atoms with Gasteiger partial charge in [0.25, 0.3) is 0 Å². The zero-order valence-corrected chi connectivity index (χ0v) is 19.8. The highest BCUT2D eigenvalue weighted by Gasteiger charge is 2.63. The summed E-state index contributed by atoms with van der Waals surface area (Å²) in [7, 11) is 0. The largest absolute Gasteiger partial charge is 0.463 e. The number of carbonyl (C=O) groups is 3. The lowest BCUT2D eigenvalue weighted by molar-refractivity contribution is -0.179. The number of carbonyl (C=O) groups excluding carboxylic acids is 3. The molecule has 0 spiro atoms. The van der Waals surface area contributed by atoms with E-state index in [-0.39, 0.29) is 52.8 Å². The molecular formula is C25H36O7. The molecule has 0 aromatic heterocycles. The average molecular weight is 449 g/mol. The first-order valence-corrected chi connectivity index (χ1v) is 11.8. The zero-order valence-electron chi connectivity index (χ0n) is 19.8. The molecule has 4 aliphatic carbocycles. The number of rotatable bonds is 3. The van der Waals surface area contributed by atoms with E-state index >= 15 is 0 Å². The van der Waals surface area contributed by atoms with Crippen LogP contribution in [-0.4, -0.2) is 47.4 Å². The predicted molar refractivity (Wildman–Crippen MR) is 115 cm³/mol. The molecule has 4 aliphatic rings. The summed E-state index contributed by atoms with van der Waals surface area (Å²) in [5, 5.41) is 10.9. The molecule has 3 saturated carbocycles. The SMILES string of the molecule is CC(=O)OC1C[C@H]2[C@@H]3CC=C4CC(OC(C)=O)C(O)C[C@]4(C)[C@@H]3C(OC(C)=O)C[C@]2(C)C1. The van der Waals surface area contributed by atoms with E-state index in [0.29, 0.717) is 18.8 Å². The van der Waals surface area contributed by atoms with Crippen molar-refractivity contribution in [2.75, 3.05) is 0 Å². The number of aliphatic hydroxyl groups excluding tert-OH is 1. The first-order chi connectivity index (χ1) is 14.9.